The van der Waals surface area contributed by atoms with Gasteiger partial charge in [-0.05, 0) is 32.9 Å². The normalized spacial score (nSPS) is 12.2. The lowest BCUT2D eigenvalue weighted by Crippen LogP contribution is -2.21. The van der Waals surface area contributed by atoms with Crippen LogP contribution >= 0.6 is 0 Å². The zero-order valence-electron chi connectivity index (χ0n) is 10.3. The van der Waals surface area contributed by atoms with Crippen molar-refractivity contribution in [1.29, 1.82) is 0 Å². The SMILES string of the molecule is CCOCC(C)Nc1cccc(OCC)c1. The fourth-order valence-electron chi connectivity index (χ4n) is 1.46. The van der Waals surface area contributed by atoms with Crippen molar-refractivity contribution in [2.24, 2.45) is 0 Å². The summed E-state index contributed by atoms with van der Waals surface area (Å²) in [5.41, 5.74) is 1.07. The summed E-state index contributed by atoms with van der Waals surface area (Å²) >= 11 is 0. The molecule has 16 heavy (non-hydrogen) atoms. The predicted molar refractivity (Wildman–Crippen MR) is 67.2 cm³/mol. The lowest BCUT2D eigenvalue weighted by Gasteiger charge is -2.15. The molecule has 0 amide bonds. The number of hydrogen-bond donors (Lipinski definition) is 1. The van der Waals surface area contributed by atoms with Gasteiger partial charge in [0.05, 0.1) is 13.2 Å². The molecule has 0 radical (unpaired) electrons. The van der Waals surface area contributed by atoms with E-state index >= 15 is 0 Å². The standard InChI is InChI=1S/C13H21NO2/c1-4-15-10-11(3)14-12-7-6-8-13(9-12)16-5-2/h6-9,11,14H,4-5,10H2,1-3H3. The first-order valence-corrected chi connectivity index (χ1v) is 5.83. The van der Waals surface area contributed by atoms with Gasteiger partial charge < -0.3 is 14.8 Å². The molecule has 0 aliphatic carbocycles. The number of benzene rings is 1. The lowest BCUT2D eigenvalue weighted by atomic mass is 10.2. The quantitative estimate of drug-likeness (QED) is 0.771. The molecule has 0 aromatic heterocycles. The highest BCUT2D eigenvalue weighted by atomic mass is 16.5. The first-order valence-electron chi connectivity index (χ1n) is 5.83. The molecule has 3 heteroatoms. The van der Waals surface area contributed by atoms with Crippen LogP contribution in [0.3, 0.4) is 0 Å². The Bertz CT molecular complexity index is 302. The summed E-state index contributed by atoms with van der Waals surface area (Å²) in [6, 6.07) is 8.29. The van der Waals surface area contributed by atoms with Crippen LogP contribution in [0.2, 0.25) is 0 Å². The van der Waals surface area contributed by atoms with Gasteiger partial charge in [-0.3, -0.25) is 0 Å². The van der Waals surface area contributed by atoms with E-state index in [9.17, 15) is 0 Å². The zero-order valence-corrected chi connectivity index (χ0v) is 10.3. The van der Waals surface area contributed by atoms with Gasteiger partial charge >= 0.3 is 0 Å². The van der Waals surface area contributed by atoms with Gasteiger partial charge in [0.2, 0.25) is 0 Å². The molecule has 1 rings (SSSR count). The molecule has 0 bridgehead atoms. The fourth-order valence-corrected chi connectivity index (χ4v) is 1.46. The van der Waals surface area contributed by atoms with Crippen LogP contribution in [0, 0.1) is 0 Å². The Balaban J connectivity index is 2.49. The monoisotopic (exact) mass is 223 g/mol. The Morgan fingerprint density at radius 2 is 2.06 bits per heavy atom. The van der Waals surface area contributed by atoms with Gasteiger partial charge in [-0.2, -0.15) is 0 Å². The summed E-state index contributed by atoms with van der Waals surface area (Å²) in [4.78, 5) is 0. The number of hydrogen-bond acceptors (Lipinski definition) is 3. The lowest BCUT2D eigenvalue weighted by molar-refractivity contribution is 0.141. The number of ether oxygens (including phenoxy) is 2. The molecule has 1 aromatic rings. The zero-order chi connectivity index (χ0) is 11.8. The van der Waals surface area contributed by atoms with Crippen molar-refractivity contribution in [3.8, 4) is 5.75 Å². The van der Waals surface area contributed by atoms with Gasteiger partial charge in [-0.25, -0.2) is 0 Å². The van der Waals surface area contributed by atoms with Crippen LogP contribution in [0.5, 0.6) is 5.75 Å². The van der Waals surface area contributed by atoms with E-state index in [1.165, 1.54) is 0 Å². The minimum atomic E-state index is 0.303. The molecular formula is C13H21NO2. The van der Waals surface area contributed by atoms with E-state index in [-0.39, 0.29) is 0 Å². The second kappa shape index (κ2) is 7.12. The van der Waals surface area contributed by atoms with Gasteiger partial charge in [-0.1, -0.05) is 6.07 Å². The molecule has 0 spiro atoms. The van der Waals surface area contributed by atoms with E-state index in [0.717, 1.165) is 24.7 Å². The molecule has 0 aliphatic heterocycles. The predicted octanol–water partition coefficient (Wildman–Crippen LogP) is 2.92. The van der Waals surface area contributed by atoms with Crippen LogP contribution in [0.15, 0.2) is 24.3 Å². The Labute approximate surface area is 97.8 Å². The first kappa shape index (κ1) is 12.8. The number of nitrogens with one attached hydrogen (secondary N) is 1. The smallest absolute Gasteiger partial charge is 0.121 e. The molecule has 3 nitrogen and oxygen atoms in total. The van der Waals surface area contributed by atoms with E-state index in [2.05, 4.69) is 12.2 Å². The van der Waals surface area contributed by atoms with Crippen molar-refractivity contribution in [1.82, 2.24) is 0 Å². The molecule has 90 valence electrons. The minimum absolute atomic E-state index is 0.303. The van der Waals surface area contributed by atoms with Crippen LogP contribution in [-0.2, 0) is 4.74 Å². The van der Waals surface area contributed by atoms with Crippen LogP contribution in [0.25, 0.3) is 0 Å². The second-order valence-corrected chi connectivity index (χ2v) is 3.67. The molecule has 0 heterocycles. The Hall–Kier alpha value is -1.22. The van der Waals surface area contributed by atoms with E-state index in [0.29, 0.717) is 12.6 Å². The van der Waals surface area contributed by atoms with Crippen LogP contribution in [0.4, 0.5) is 5.69 Å². The molecule has 1 atom stereocenters. The highest BCUT2D eigenvalue weighted by Gasteiger charge is 2.02. The molecular weight excluding hydrogens is 202 g/mol. The van der Waals surface area contributed by atoms with Gasteiger partial charge in [0, 0.05) is 24.4 Å². The molecule has 0 saturated heterocycles. The van der Waals surface area contributed by atoms with Crippen LogP contribution in [0.1, 0.15) is 20.8 Å². The summed E-state index contributed by atoms with van der Waals surface area (Å²) in [5, 5.41) is 3.37. The first-order chi connectivity index (χ1) is 7.76. The summed E-state index contributed by atoms with van der Waals surface area (Å²) in [6.07, 6.45) is 0. The maximum atomic E-state index is 5.44. The summed E-state index contributed by atoms with van der Waals surface area (Å²) in [7, 11) is 0. The third-order valence-electron chi connectivity index (χ3n) is 2.13. The maximum Gasteiger partial charge on any atom is 0.121 e. The summed E-state index contributed by atoms with van der Waals surface area (Å²) in [5.74, 6) is 0.899. The summed E-state index contributed by atoms with van der Waals surface area (Å²) in [6.45, 7) is 8.25. The second-order valence-electron chi connectivity index (χ2n) is 3.67. The van der Waals surface area contributed by atoms with E-state index in [4.69, 9.17) is 9.47 Å². The number of anilines is 1. The topological polar surface area (TPSA) is 30.5 Å². The van der Waals surface area contributed by atoms with Crippen molar-refractivity contribution in [3.63, 3.8) is 0 Å². The molecule has 0 fully saturated rings. The average molecular weight is 223 g/mol. The van der Waals surface area contributed by atoms with Gasteiger partial charge in [0.15, 0.2) is 0 Å². The maximum absolute atomic E-state index is 5.44. The highest BCUT2D eigenvalue weighted by molar-refractivity contribution is 5.48. The van der Waals surface area contributed by atoms with Gasteiger partial charge in [0.25, 0.3) is 0 Å². The van der Waals surface area contributed by atoms with Gasteiger partial charge in [-0.15, -0.1) is 0 Å². The number of rotatable bonds is 7. The van der Waals surface area contributed by atoms with Crippen molar-refractivity contribution < 1.29 is 9.47 Å². The van der Waals surface area contributed by atoms with Crippen molar-refractivity contribution in [2.45, 2.75) is 26.8 Å². The van der Waals surface area contributed by atoms with E-state index in [1.807, 2.05) is 38.1 Å². The Morgan fingerprint density at radius 3 is 2.75 bits per heavy atom. The largest absolute Gasteiger partial charge is 0.494 e. The Kier molecular flexibility index (Phi) is 5.72. The average Bonchev–Trinajstić information content (AvgIpc) is 2.27. The molecule has 0 aliphatic rings. The Morgan fingerprint density at radius 1 is 1.25 bits per heavy atom. The van der Waals surface area contributed by atoms with Crippen molar-refractivity contribution in [3.05, 3.63) is 24.3 Å². The van der Waals surface area contributed by atoms with E-state index in [1.54, 1.807) is 0 Å². The van der Waals surface area contributed by atoms with Gasteiger partial charge in [0.1, 0.15) is 5.75 Å². The van der Waals surface area contributed by atoms with Crippen molar-refractivity contribution >= 4 is 5.69 Å². The minimum Gasteiger partial charge on any atom is -0.494 e. The highest BCUT2D eigenvalue weighted by Crippen LogP contribution is 2.17. The molecule has 0 saturated carbocycles. The molecule has 1 aromatic carbocycles. The third-order valence-corrected chi connectivity index (χ3v) is 2.13. The molecule has 1 N–H and O–H groups in total. The van der Waals surface area contributed by atoms with Crippen molar-refractivity contribution in [2.75, 3.05) is 25.1 Å². The fraction of sp³-hybridized carbons (Fsp3) is 0.538. The van der Waals surface area contributed by atoms with Crippen LogP contribution in [-0.4, -0.2) is 25.9 Å². The molecule has 1 unspecified atom stereocenters. The van der Waals surface area contributed by atoms with Crippen LogP contribution < -0.4 is 10.1 Å². The summed E-state index contributed by atoms with van der Waals surface area (Å²) < 4.78 is 10.8. The third kappa shape index (κ3) is 4.53. The van der Waals surface area contributed by atoms with E-state index < -0.39 is 0 Å².